The Bertz CT molecular complexity index is 776. The van der Waals surface area contributed by atoms with Gasteiger partial charge in [0.25, 0.3) is 0 Å². The second kappa shape index (κ2) is 14.7. The monoisotopic (exact) mass is 530 g/mol. The van der Waals surface area contributed by atoms with Crippen molar-refractivity contribution in [3.05, 3.63) is 24.3 Å². The Morgan fingerprint density at radius 3 is 2.09 bits per heavy atom. The van der Waals surface area contributed by atoms with E-state index in [1.165, 1.54) is 25.7 Å². The molecule has 8 nitrogen and oxygen atoms in total. The number of ether oxygens (including phenoxy) is 1. The zero-order valence-electron chi connectivity index (χ0n) is 20.3. The summed E-state index contributed by atoms with van der Waals surface area (Å²) in [5.74, 6) is -0.323. The number of rotatable bonds is 6. The molecule has 35 heavy (non-hydrogen) atoms. The highest BCUT2D eigenvalue weighted by molar-refractivity contribution is 5.89. The Hall–Kier alpha value is -1.74. The van der Waals surface area contributed by atoms with Crippen molar-refractivity contribution in [3.63, 3.8) is 0 Å². The Kier molecular flexibility index (Phi) is 12.4. The summed E-state index contributed by atoms with van der Waals surface area (Å²) in [4.78, 5) is 28.9. The number of halogens is 2. The molecule has 3 fully saturated rings. The van der Waals surface area contributed by atoms with Crippen LogP contribution < -0.4 is 15.4 Å². The maximum Gasteiger partial charge on any atom is 0.345 e. The third kappa shape index (κ3) is 8.41. The number of piperazine rings is 1. The number of benzene rings is 1. The van der Waals surface area contributed by atoms with Crippen molar-refractivity contribution >= 4 is 42.5 Å². The topological polar surface area (TPSA) is 94.1 Å². The summed E-state index contributed by atoms with van der Waals surface area (Å²) in [6, 6.07) is 7.61. The maximum absolute atomic E-state index is 12.7. The summed E-state index contributed by atoms with van der Waals surface area (Å²) in [5.41, 5.74) is 0.689. The Morgan fingerprint density at radius 1 is 0.914 bits per heavy atom. The minimum atomic E-state index is -0.900. The van der Waals surface area contributed by atoms with E-state index in [0.717, 1.165) is 65.0 Å². The van der Waals surface area contributed by atoms with Crippen LogP contribution in [-0.2, 0) is 4.79 Å². The smallest absolute Gasteiger partial charge is 0.345 e. The fraction of sp³-hybridized carbons (Fsp3) is 0.680. The largest absolute Gasteiger partial charge is 0.478 e. The van der Waals surface area contributed by atoms with Crippen LogP contribution in [0.15, 0.2) is 24.3 Å². The molecule has 1 saturated carbocycles. The van der Waals surface area contributed by atoms with Gasteiger partial charge in [0.2, 0.25) is 0 Å². The van der Waals surface area contributed by atoms with E-state index < -0.39 is 12.1 Å². The minimum absolute atomic E-state index is 0. The fourth-order valence-corrected chi connectivity index (χ4v) is 5.39. The van der Waals surface area contributed by atoms with Crippen LogP contribution >= 0.6 is 24.8 Å². The lowest BCUT2D eigenvalue weighted by atomic mass is 9.94. The van der Waals surface area contributed by atoms with E-state index in [1.54, 1.807) is 24.3 Å². The van der Waals surface area contributed by atoms with Gasteiger partial charge in [-0.2, -0.15) is 0 Å². The summed E-state index contributed by atoms with van der Waals surface area (Å²) < 4.78 is 5.88. The SMILES string of the molecule is Cl.Cl.O=C(O)C(Oc1ccc(NC(=O)N2CCN(C3CCNCC3)CC2)cc1)C1CCCCCC1. The molecule has 10 heteroatoms. The Morgan fingerprint density at radius 2 is 1.51 bits per heavy atom. The van der Waals surface area contributed by atoms with Gasteiger partial charge in [0.05, 0.1) is 0 Å². The molecule has 3 aliphatic rings. The molecule has 0 spiro atoms. The number of nitrogens with zero attached hydrogens (tertiary/aromatic N) is 2. The highest BCUT2D eigenvalue weighted by atomic mass is 35.5. The molecule has 2 heterocycles. The van der Waals surface area contributed by atoms with Gasteiger partial charge in [-0.15, -0.1) is 24.8 Å². The average Bonchev–Trinajstić information content (AvgIpc) is 3.13. The van der Waals surface area contributed by atoms with E-state index in [4.69, 9.17) is 4.74 Å². The summed E-state index contributed by atoms with van der Waals surface area (Å²) >= 11 is 0. The lowest BCUT2D eigenvalue weighted by Crippen LogP contribution is -2.54. The first-order chi connectivity index (χ1) is 16.1. The van der Waals surface area contributed by atoms with Gasteiger partial charge in [0.1, 0.15) is 5.75 Å². The van der Waals surface area contributed by atoms with Gasteiger partial charge in [0, 0.05) is 43.8 Å². The standard InChI is InChI=1S/C25H38N4O4.2ClH/c30-24(31)23(19-5-3-1-2-4-6-19)33-22-9-7-20(8-10-22)27-25(32)29-17-15-28(16-18-29)21-11-13-26-14-12-21;;/h7-10,19,21,23,26H,1-6,11-18H2,(H,27,32)(H,30,31);2*1H. The van der Waals surface area contributed by atoms with Gasteiger partial charge in [-0.3, -0.25) is 4.90 Å². The van der Waals surface area contributed by atoms with Crippen LogP contribution in [0.3, 0.4) is 0 Å². The third-order valence-corrected chi connectivity index (χ3v) is 7.37. The molecule has 1 unspecified atom stereocenters. The molecule has 1 aromatic carbocycles. The summed E-state index contributed by atoms with van der Waals surface area (Å²) in [5, 5.41) is 16.1. The van der Waals surface area contributed by atoms with Crippen molar-refractivity contribution in [1.29, 1.82) is 0 Å². The van der Waals surface area contributed by atoms with Crippen LogP contribution in [0, 0.1) is 5.92 Å². The molecule has 1 aromatic rings. The maximum atomic E-state index is 12.7. The second-order valence-electron chi connectivity index (χ2n) is 9.59. The van der Waals surface area contributed by atoms with Crippen LogP contribution in [-0.4, -0.2) is 78.3 Å². The number of amides is 2. The number of hydrogen-bond donors (Lipinski definition) is 3. The molecule has 2 amide bonds. The molecular weight excluding hydrogens is 491 g/mol. The van der Waals surface area contributed by atoms with Crippen molar-refractivity contribution < 1.29 is 19.4 Å². The first-order valence-electron chi connectivity index (χ1n) is 12.6. The molecule has 1 atom stereocenters. The van der Waals surface area contributed by atoms with Crippen LogP contribution in [0.2, 0.25) is 0 Å². The van der Waals surface area contributed by atoms with E-state index in [9.17, 15) is 14.7 Å². The molecule has 3 N–H and O–H groups in total. The summed E-state index contributed by atoms with van der Waals surface area (Å²) in [7, 11) is 0. The van der Waals surface area contributed by atoms with E-state index in [2.05, 4.69) is 15.5 Å². The quantitative estimate of drug-likeness (QED) is 0.476. The number of carboxylic acid groups (broad SMARTS) is 1. The molecule has 198 valence electrons. The first-order valence-corrected chi connectivity index (χ1v) is 12.6. The molecule has 0 bridgehead atoms. The van der Waals surface area contributed by atoms with E-state index in [1.807, 2.05) is 4.90 Å². The first kappa shape index (κ1) is 29.5. The number of hydrogen-bond acceptors (Lipinski definition) is 5. The lowest BCUT2D eigenvalue weighted by Gasteiger charge is -2.40. The second-order valence-corrected chi connectivity index (χ2v) is 9.59. The van der Waals surface area contributed by atoms with Gasteiger partial charge < -0.3 is 25.4 Å². The third-order valence-electron chi connectivity index (χ3n) is 7.37. The van der Waals surface area contributed by atoms with Crippen LogP contribution in [0.5, 0.6) is 5.75 Å². The van der Waals surface area contributed by atoms with Crippen LogP contribution in [0.1, 0.15) is 51.4 Å². The van der Waals surface area contributed by atoms with Gasteiger partial charge >= 0.3 is 12.0 Å². The van der Waals surface area contributed by atoms with Crippen molar-refractivity contribution in [3.8, 4) is 5.75 Å². The van der Waals surface area contributed by atoms with Crippen molar-refractivity contribution in [1.82, 2.24) is 15.1 Å². The normalized spacial score (nSPS) is 21.1. The summed E-state index contributed by atoms with van der Waals surface area (Å²) in [6.45, 7) is 5.47. The lowest BCUT2D eigenvalue weighted by molar-refractivity contribution is -0.148. The number of carboxylic acids is 1. The molecule has 0 radical (unpaired) electrons. The Labute approximate surface area is 221 Å². The van der Waals surface area contributed by atoms with E-state index >= 15 is 0 Å². The van der Waals surface area contributed by atoms with E-state index in [-0.39, 0.29) is 36.8 Å². The fourth-order valence-electron chi connectivity index (χ4n) is 5.39. The number of urea groups is 1. The molecule has 1 aliphatic carbocycles. The number of piperidine rings is 1. The van der Waals surface area contributed by atoms with E-state index in [0.29, 0.717) is 17.5 Å². The van der Waals surface area contributed by atoms with Gasteiger partial charge in [0.15, 0.2) is 6.10 Å². The van der Waals surface area contributed by atoms with Crippen molar-refractivity contribution in [2.45, 2.75) is 63.5 Å². The number of carbonyl (C=O) groups excluding carboxylic acids is 1. The number of carbonyl (C=O) groups is 2. The molecular formula is C25H40Cl2N4O4. The Balaban J connectivity index is 0.00000216. The zero-order valence-corrected chi connectivity index (χ0v) is 22.0. The molecule has 0 aromatic heterocycles. The predicted molar refractivity (Wildman–Crippen MR) is 142 cm³/mol. The predicted octanol–water partition coefficient (Wildman–Crippen LogP) is 4.23. The molecule has 4 rings (SSSR count). The number of nitrogens with one attached hydrogen (secondary N) is 2. The van der Waals surface area contributed by atoms with Crippen molar-refractivity contribution in [2.24, 2.45) is 5.92 Å². The van der Waals surface area contributed by atoms with Crippen molar-refractivity contribution in [2.75, 3.05) is 44.6 Å². The van der Waals surface area contributed by atoms with Crippen LogP contribution in [0.25, 0.3) is 0 Å². The minimum Gasteiger partial charge on any atom is -0.478 e. The highest BCUT2D eigenvalue weighted by Gasteiger charge is 2.31. The van der Waals surface area contributed by atoms with Gasteiger partial charge in [-0.1, -0.05) is 25.7 Å². The average molecular weight is 532 g/mol. The summed E-state index contributed by atoms with van der Waals surface area (Å²) in [6.07, 6.45) is 7.82. The van der Waals surface area contributed by atoms with Gasteiger partial charge in [-0.05, 0) is 63.0 Å². The number of aliphatic carboxylic acids is 1. The zero-order chi connectivity index (χ0) is 23.0. The van der Waals surface area contributed by atoms with Crippen LogP contribution in [0.4, 0.5) is 10.5 Å². The highest BCUT2D eigenvalue weighted by Crippen LogP contribution is 2.29. The molecule has 2 saturated heterocycles. The number of anilines is 1. The molecule has 2 aliphatic heterocycles. The van der Waals surface area contributed by atoms with Gasteiger partial charge in [-0.25, -0.2) is 9.59 Å².